The first-order chi connectivity index (χ1) is 14.6. The molecule has 1 fully saturated rings. The molecule has 7 heteroatoms. The maximum absolute atomic E-state index is 12.9. The number of ether oxygens (including phenoxy) is 3. The van der Waals surface area contributed by atoms with Gasteiger partial charge in [-0.2, -0.15) is 0 Å². The number of methoxy groups -OCH3 is 1. The lowest BCUT2D eigenvalue weighted by Gasteiger charge is -2.43. The van der Waals surface area contributed by atoms with Gasteiger partial charge in [0.1, 0.15) is 12.2 Å². The summed E-state index contributed by atoms with van der Waals surface area (Å²) in [5.41, 5.74) is 0.212. The summed E-state index contributed by atoms with van der Waals surface area (Å²) < 4.78 is 16.6. The van der Waals surface area contributed by atoms with Crippen LogP contribution in [0.2, 0.25) is 0 Å². The summed E-state index contributed by atoms with van der Waals surface area (Å²) in [6, 6.07) is 0. The zero-order valence-electron chi connectivity index (χ0n) is 19.0. The smallest absolute Gasteiger partial charge is 0.314 e. The number of carbonyl (C=O) groups excluding carboxylic acids is 2. The summed E-state index contributed by atoms with van der Waals surface area (Å²) in [5.74, 6) is -0.304. The molecular weight excluding hydrogens is 400 g/mol. The number of cyclic esters (lactones) is 1. The Hall–Kier alpha value is -1.70. The molecule has 0 aromatic rings. The highest BCUT2D eigenvalue weighted by molar-refractivity contribution is 5.76. The van der Waals surface area contributed by atoms with E-state index >= 15 is 0 Å². The van der Waals surface area contributed by atoms with Crippen LogP contribution in [-0.4, -0.2) is 60.3 Å². The molecule has 3 aliphatic rings. The monoisotopic (exact) mass is 436 g/mol. The van der Waals surface area contributed by atoms with E-state index in [1.54, 1.807) is 21.0 Å². The maximum atomic E-state index is 12.9. The Morgan fingerprint density at radius 2 is 2.00 bits per heavy atom. The van der Waals surface area contributed by atoms with Crippen LogP contribution in [-0.2, 0) is 23.8 Å². The molecule has 7 atom stereocenters. The first kappa shape index (κ1) is 24.0. The van der Waals surface area contributed by atoms with Crippen molar-refractivity contribution in [2.75, 3.05) is 13.7 Å². The first-order valence-corrected chi connectivity index (χ1v) is 11.3. The zero-order chi connectivity index (χ0) is 22.8. The van der Waals surface area contributed by atoms with Gasteiger partial charge in [-0.15, -0.1) is 0 Å². The number of hydrogen-bond acceptors (Lipinski definition) is 7. The molecule has 1 heterocycles. The molecule has 0 bridgehead atoms. The number of esters is 2. The third-order valence-corrected chi connectivity index (χ3v) is 6.75. The van der Waals surface area contributed by atoms with Crippen LogP contribution in [0.5, 0.6) is 0 Å². The second-order valence-corrected chi connectivity index (χ2v) is 9.92. The summed E-state index contributed by atoms with van der Waals surface area (Å²) in [6.07, 6.45) is 6.26. The van der Waals surface area contributed by atoms with Crippen LogP contribution in [0.15, 0.2) is 23.8 Å². The van der Waals surface area contributed by atoms with Crippen molar-refractivity contribution < 1.29 is 34.0 Å². The van der Waals surface area contributed by atoms with E-state index in [9.17, 15) is 19.8 Å². The Kier molecular flexibility index (Phi) is 7.60. The highest BCUT2D eigenvalue weighted by Crippen LogP contribution is 2.44. The van der Waals surface area contributed by atoms with E-state index < -0.39 is 23.7 Å². The lowest BCUT2D eigenvalue weighted by atomic mass is 9.66. The molecule has 0 radical (unpaired) electrons. The predicted molar refractivity (Wildman–Crippen MR) is 114 cm³/mol. The number of carbonyl (C=O) groups is 2. The number of aliphatic hydroxyl groups is 2. The fraction of sp³-hybridized carbons (Fsp3) is 0.750. The average Bonchev–Trinajstić information content (AvgIpc) is 2.66. The van der Waals surface area contributed by atoms with Crippen LogP contribution in [0.1, 0.15) is 52.9 Å². The van der Waals surface area contributed by atoms with Crippen LogP contribution < -0.4 is 0 Å². The van der Waals surface area contributed by atoms with E-state index in [-0.39, 0.29) is 48.8 Å². The van der Waals surface area contributed by atoms with Crippen molar-refractivity contribution in [1.29, 1.82) is 0 Å². The lowest BCUT2D eigenvalue weighted by molar-refractivity contribution is -0.168. The van der Waals surface area contributed by atoms with Gasteiger partial charge in [-0.3, -0.25) is 9.59 Å². The Balaban J connectivity index is 1.75. The third-order valence-electron chi connectivity index (χ3n) is 6.75. The Labute approximate surface area is 184 Å². The highest BCUT2D eigenvalue weighted by atomic mass is 16.6. The molecule has 0 spiro atoms. The topological polar surface area (TPSA) is 102 Å². The molecule has 2 N–H and O–H groups in total. The molecule has 0 aromatic carbocycles. The van der Waals surface area contributed by atoms with Gasteiger partial charge in [-0.25, -0.2) is 0 Å². The van der Waals surface area contributed by atoms with E-state index in [1.807, 2.05) is 12.2 Å². The standard InChI is InChI=1S/C24H36O7/c1-14-5-6-15-9-16(25)11-20(31-23(28)24(2,3)13-29-4)22(15)19(14)8-7-18-10-17(26)12-21(27)30-18/h5-6,9,14,16-20,22,25-26H,7-8,10-13H2,1-4H3/t14?,16?,17-,18-,19?,20?,22?/m1/s1. The second-order valence-electron chi connectivity index (χ2n) is 9.92. The third kappa shape index (κ3) is 5.76. The summed E-state index contributed by atoms with van der Waals surface area (Å²) >= 11 is 0. The van der Waals surface area contributed by atoms with Crippen LogP contribution in [0, 0.1) is 23.2 Å². The van der Waals surface area contributed by atoms with Gasteiger partial charge in [-0.05, 0) is 44.1 Å². The first-order valence-electron chi connectivity index (χ1n) is 11.3. The quantitative estimate of drug-likeness (QED) is 0.591. The van der Waals surface area contributed by atoms with E-state index in [2.05, 4.69) is 13.0 Å². The summed E-state index contributed by atoms with van der Waals surface area (Å²) in [4.78, 5) is 24.5. The molecule has 1 saturated heterocycles. The minimum atomic E-state index is -0.779. The minimum absolute atomic E-state index is 0.0325. The highest BCUT2D eigenvalue weighted by Gasteiger charge is 2.44. The zero-order valence-corrected chi connectivity index (χ0v) is 19.0. The van der Waals surface area contributed by atoms with Gasteiger partial charge >= 0.3 is 11.9 Å². The Bertz CT molecular complexity index is 725. The van der Waals surface area contributed by atoms with Crippen LogP contribution in [0.25, 0.3) is 0 Å². The number of fused-ring (bicyclic) bond motifs is 1. The summed E-state index contributed by atoms with van der Waals surface area (Å²) in [6.45, 7) is 5.97. The normalized spacial score (nSPS) is 35.7. The molecule has 31 heavy (non-hydrogen) atoms. The number of hydrogen-bond donors (Lipinski definition) is 2. The van der Waals surface area contributed by atoms with Gasteiger partial charge < -0.3 is 24.4 Å². The fourth-order valence-electron chi connectivity index (χ4n) is 5.12. The van der Waals surface area contributed by atoms with Gasteiger partial charge in [0.05, 0.1) is 30.7 Å². The molecule has 1 aliphatic heterocycles. The van der Waals surface area contributed by atoms with Gasteiger partial charge in [0.2, 0.25) is 0 Å². The van der Waals surface area contributed by atoms with E-state index in [0.29, 0.717) is 19.3 Å². The Morgan fingerprint density at radius 3 is 2.68 bits per heavy atom. The van der Waals surface area contributed by atoms with E-state index in [1.165, 1.54) is 0 Å². The van der Waals surface area contributed by atoms with Gasteiger partial charge in [-0.1, -0.05) is 25.2 Å². The van der Waals surface area contributed by atoms with E-state index in [4.69, 9.17) is 14.2 Å². The molecule has 0 aromatic heterocycles. The average molecular weight is 437 g/mol. The molecule has 2 aliphatic carbocycles. The molecule has 0 amide bonds. The van der Waals surface area contributed by atoms with Crippen LogP contribution in [0.4, 0.5) is 0 Å². The maximum Gasteiger partial charge on any atom is 0.314 e. The molecule has 174 valence electrons. The predicted octanol–water partition coefficient (Wildman–Crippen LogP) is 2.55. The van der Waals surface area contributed by atoms with Crippen molar-refractivity contribution in [1.82, 2.24) is 0 Å². The SMILES string of the molecule is COCC(C)(C)C(=O)OC1CC(O)C=C2C=CC(C)C(CC[C@@H]3C[C@@H](O)CC(=O)O3)C21. The van der Waals surface area contributed by atoms with Crippen molar-refractivity contribution in [2.45, 2.75) is 77.3 Å². The Morgan fingerprint density at radius 1 is 1.26 bits per heavy atom. The van der Waals surface area contributed by atoms with Gasteiger partial charge in [0, 0.05) is 25.9 Å². The fourth-order valence-corrected chi connectivity index (χ4v) is 5.12. The number of aliphatic hydroxyl groups excluding tert-OH is 2. The summed E-state index contributed by atoms with van der Waals surface area (Å²) in [7, 11) is 1.55. The summed E-state index contributed by atoms with van der Waals surface area (Å²) in [5, 5.41) is 20.3. The molecule has 0 saturated carbocycles. The van der Waals surface area contributed by atoms with Crippen LogP contribution >= 0.6 is 0 Å². The van der Waals surface area contributed by atoms with Crippen LogP contribution in [0.3, 0.4) is 0 Å². The lowest BCUT2D eigenvalue weighted by Crippen LogP contribution is -2.45. The van der Waals surface area contributed by atoms with Crippen molar-refractivity contribution >= 4 is 11.9 Å². The molecule has 3 rings (SSSR count). The van der Waals surface area contributed by atoms with E-state index in [0.717, 1.165) is 12.0 Å². The minimum Gasteiger partial charge on any atom is -0.462 e. The molecular formula is C24H36O7. The van der Waals surface area contributed by atoms with Gasteiger partial charge in [0.15, 0.2) is 0 Å². The van der Waals surface area contributed by atoms with Crippen molar-refractivity contribution in [3.8, 4) is 0 Å². The van der Waals surface area contributed by atoms with Crippen molar-refractivity contribution in [3.63, 3.8) is 0 Å². The number of allylic oxidation sites excluding steroid dienone is 2. The van der Waals surface area contributed by atoms with Crippen molar-refractivity contribution in [3.05, 3.63) is 23.8 Å². The van der Waals surface area contributed by atoms with Crippen molar-refractivity contribution in [2.24, 2.45) is 23.2 Å². The van der Waals surface area contributed by atoms with Gasteiger partial charge in [0.25, 0.3) is 0 Å². The molecule has 7 nitrogen and oxygen atoms in total. The number of rotatable bonds is 7. The largest absolute Gasteiger partial charge is 0.462 e. The second kappa shape index (κ2) is 9.84. The molecule has 5 unspecified atom stereocenters.